The molecular formula is C6H12INS. The van der Waals surface area contributed by atoms with E-state index in [0.717, 1.165) is 12.1 Å². The number of hydrogen-bond acceptors (Lipinski definition) is 2. The average molecular weight is 257 g/mol. The van der Waals surface area contributed by atoms with Crippen LogP contribution >= 0.6 is 35.7 Å². The molecule has 0 spiro atoms. The topological polar surface area (TPSA) is 12.0 Å². The third kappa shape index (κ3) is 1.74. The zero-order valence-electron chi connectivity index (χ0n) is 5.30. The number of thioether (sulfide) groups is 1. The molecule has 0 saturated carbocycles. The van der Waals surface area contributed by atoms with Crippen molar-refractivity contribution in [3.63, 3.8) is 0 Å². The Morgan fingerprint density at radius 3 is 2.11 bits per heavy atom. The Morgan fingerprint density at radius 1 is 1.11 bits per heavy atom. The molecular weight excluding hydrogens is 245 g/mol. The molecule has 0 aliphatic carbocycles. The van der Waals surface area contributed by atoms with E-state index in [4.69, 9.17) is 0 Å². The van der Waals surface area contributed by atoms with E-state index in [0.29, 0.717) is 0 Å². The zero-order valence-corrected chi connectivity index (χ0v) is 8.45. The first kappa shape index (κ1) is 8.14. The van der Waals surface area contributed by atoms with Crippen molar-refractivity contribution >= 4 is 35.7 Å². The van der Waals surface area contributed by atoms with Crippen molar-refractivity contribution in [1.29, 1.82) is 0 Å². The normalized spacial score (nSPS) is 40.0. The summed E-state index contributed by atoms with van der Waals surface area (Å²) in [6, 6.07) is 1.75. The third-order valence-electron chi connectivity index (χ3n) is 1.97. The lowest BCUT2D eigenvalue weighted by atomic mass is 10.2. The fraction of sp³-hybridized carbons (Fsp3) is 1.00. The quantitative estimate of drug-likeness (QED) is 0.659. The summed E-state index contributed by atoms with van der Waals surface area (Å²) >= 11 is 2.11. The van der Waals surface area contributed by atoms with Crippen molar-refractivity contribution in [1.82, 2.24) is 5.32 Å². The zero-order chi connectivity index (χ0) is 5.40. The van der Waals surface area contributed by atoms with Crippen molar-refractivity contribution in [3.8, 4) is 0 Å². The Labute approximate surface area is 77.4 Å². The third-order valence-corrected chi connectivity index (χ3v) is 3.25. The van der Waals surface area contributed by atoms with Crippen LogP contribution in [0, 0.1) is 0 Å². The minimum atomic E-state index is 0. The van der Waals surface area contributed by atoms with Gasteiger partial charge in [-0.25, -0.2) is 0 Å². The first-order chi connectivity index (χ1) is 3.95. The summed E-state index contributed by atoms with van der Waals surface area (Å²) < 4.78 is 0. The van der Waals surface area contributed by atoms with Crippen molar-refractivity contribution < 1.29 is 0 Å². The molecule has 2 aliphatic heterocycles. The van der Waals surface area contributed by atoms with E-state index < -0.39 is 0 Å². The summed E-state index contributed by atoms with van der Waals surface area (Å²) in [4.78, 5) is 0. The molecule has 2 aliphatic rings. The van der Waals surface area contributed by atoms with Crippen LogP contribution in [0.15, 0.2) is 0 Å². The van der Waals surface area contributed by atoms with Crippen LogP contribution in [0.1, 0.15) is 12.8 Å². The Balaban J connectivity index is 0.000000405. The van der Waals surface area contributed by atoms with E-state index in [1.807, 2.05) is 0 Å². The standard InChI is InChI=1S/C6H11NS.HI/c1-2-6-4-8-3-5(1)7-6;/h5-7H,1-4H2;1H/t5-,6+;. The maximum Gasteiger partial charge on any atom is 0.0161 e. The van der Waals surface area contributed by atoms with Crippen LogP contribution in [0.4, 0.5) is 0 Å². The lowest BCUT2D eigenvalue weighted by Gasteiger charge is -2.19. The lowest BCUT2D eigenvalue weighted by Crippen LogP contribution is -2.36. The minimum absolute atomic E-state index is 0. The van der Waals surface area contributed by atoms with Gasteiger partial charge in [-0.15, -0.1) is 24.0 Å². The molecule has 2 bridgehead atoms. The Kier molecular flexibility index (Phi) is 3.11. The summed E-state index contributed by atoms with van der Waals surface area (Å²) in [5, 5.41) is 3.57. The molecule has 0 unspecified atom stereocenters. The highest BCUT2D eigenvalue weighted by atomic mass is 127. The number of rotatable bonds is 0. The van der Waals surface area contributed by atoms with Crippen LogP contribution in [0.5, 0.6) is 0 Å². The van der Waals surface area contributed by atoms with Gasteiger partial charge in [-0.05, 0) is 12.8 Å². The summed E-state index contributed by atoms with van der Waals surface area (Å²) in [6.45, 7) is 0. The Bertz CT molecular complexity index is 85.1. The van der Waals surface area contributed by atoms with Crippen LogP contribution < -0.4 is 5.32 Å². The van der Waals surface area contributed by atoms with Crippen LogP contribution in [0.25, 0.3) is 0 Å². The van der Waals surface area contributed by atoms with Gasteiger partial charge in [0.2, 0.25) is 0 Å². The molecule has 3 heteroatoms. The second-order valence-corrected chi connectivity index (χ2v) is 3.75. The van der Waals surface area contributed by atoms with Gasteiger partial charge in [0.1, 0.15) is 0 Å². The molecule has 2 heterocycles. The Hall–Kier alpha value is 1.04. The van der Waals surface area contributed by atoms with Gasteiger partial charge in [0.25, 0.3) is 0 Å². The molecule has 2 rings (SSSR count). The largest absolute Gasteiger partial charge is 0.310 e. The SMILES string of the molecule is C1C[C@H]2CSC[C@@H]1N2.I. The molecule has 0 radical (unpaired) electrons. The van der Waals surface area contributed by atoms with Gasteiger partial charge >= 0.3 is 0 Å². The van der Waals surface area contributed by atoms with E-state index in [1.54, 1.807) is 0 Å². The first-order valence-corrected chi connectivity index (χ1v) is 4.44. The van der Waals surface area contributed by atoms with Crippen molar-refractivity contribution in [2.24, 2.45) is 0 Å². The van der Waals surface area contributed by atoms with Crippen molar-refractivity contribution in [3.05, 3.63) is 0 Å². The lowest BCUT2D eigenvalue weighted by molar-refractivity contribution is 0.592. The van der Waals surface area contributed by atoms with E-state index >= 15 is 0 Å². The summed E-state index contributed by atoms with van der Waals surface area (Å²) in [6.07, 6.45) is 2.86. The summed E-state index contributed by atoms with van der Waals surface area (Å²) in [5.74, 6) is 2.72. The van der Waals surface area contributed by atoms with Crippen LogP contribution in [-0.4, -0.2) is 23.6 Å². The molecule has 2 saturated heterocycles. The number of hydrogen-bond donors (Lipinski definition) is 1. The molecule has 2 atom stereocenters. The number of halogens is 1. The maximum absolute atomic E-state index is 3.57. The monoisotopic (exact) mass is 257 g/mol. The van der Waals surface area contributed by atoms with Gasteiger partial charge in [-0.2, -0.15) is 11.8 Å². The molecule has 1 N–H and O–H groups in total. The number of nitrogens with one attached hydrogen (secondary N) is 1. The van der Waals surface area contributed by atoms with Crippen LogP contribution in [0.2, 0.25) is 0 Å². The van der Waals surface area contributed by atoms with E-state index in [1.165, 1.54) is 24.3 Å². The summed E-state index contributed by atoms with van der Waals surface area (Å²) in [7, 11) is 0. The summed E-state index contributed by atoms with van der Waals surface area (Å²) in [5.41, 5.74) is 0. The highest BCUT2D eigenvalue weighted by Crippen LogP contribution is 2.24. The van der Waals surface area contributed by atoms with Gasteiger partial charge in [0, 0.05) is 23.6 Å². The van der Waals surface area contributed by atoms with Gasteiger partial charge in [-0.1, -0.05) is 0 Å². The first-order valence-electron chi connectivity index (χ1n) is 3.29. The molecule has 9 heavy (non-hydrogen) atoms. The fourth-order valence-electron chi connectivity index (χ4n) is 1.52. The Morgan fingerprint density at radius 2 is 1.67 bits per heavy atom. The molecule has 0 aromatic carbocycles. The molecule has 1 nitrogen and oxygen atoms in total. The number of fused-ring (bicyclic) bond motifs is 2. The predicted molar refractivity (Wildman–Crippen MR) is 52.7 cm³/mol. The van der Waals surface area contributed by atoms with Gasteiger partial charge in [0.05, 0.1) is 0 Å². The van der Waals surface area contributed by atoms with E-state index in [-0.39, 0.29) is 24.0 Å². The second-order valence-electron chi connectivity index (χ2n) is 2.68. The maximum atomic E-state index is 3.57. The second kappa shape index (κ2) is 3.44. The van der Waals surface area contributed by atoms with Crippen LogP contribution in [0.3, 0.4) is 0 Å². The van der Waals surface area contributed by atoms with Crippen molar-refractivity contribution in [2.75, 3.05) is 11.5 Å². The molecule has 0 aromatic heterocycles. The van der Waals surface area contributed by atoms with Gasteiger partial charge in [0.15, 0.2) is 0 Å². The van der Waals surface area contributed by atoms with E-state index in [2.05, 4.69) is 17.1 Å². The molecule has 0 amide bonds. The predicted octanol–water partition coefficient (Wildman–Crippen LogP) is 1.47. The smallest absolute Gasteiger partial charge is 0.0161 e. The highest BCUT2D eigenvalue weighted by molar-refractivity contribution is 14.0. The van der Waals surface area contributed by atoms with Crippen LogP contribution in [-0.2, 0) is 0 Å². The molecule has 2 fully saturated rings. The van der Waals surface area contributed by atoms with Crippen molar-refractivity contribution in [2.45, 2.75) is 24.9 Å². The van der Waals surface area contributed by atoms with Gasteiger partial charge < -0.3 is 5.32 Å². The average Bonchev–Trinajstić information content (AvgIpc) is 2.12. The van der Waals surface area contributed by atoms with Gasteiger partial charge in [-0.3, -0.25) is 0 Å². The minimum Gasteiger partial charge on any atom is -0.310 e. The molecule has 54 valence electrons. The highest BCUT2D eigenvalue weighted by Gasteiger charge is 2.27. The fourth-order valence-corrected chi connectivity index (χ4v) is 2.75. The van der Waals surface area contributed by atoms with E-state index in [9.17, 15) is 0 Å². The molecule has 0 aromatic rings.